The van der Waals surface area contributed by atoms with Gasteiger partial charge in [-0.1, -0.05) is 26.2 Å². The summed E-state index contributed by atoms with van der Waals surface area (Å²) in [6.07, 6.45) is 4.55. The first-order valence-electron chi connectivity index (χ1n) is 3.49. The summed E-state index contributed by atoms with van der Waals surface area (Å²) < 4.78 is 0. The van der Waals surface area contributed by atoms with Crippen LogP contribution in [0.5, 0.6) is 0 Å². The van der Waals surface area contributed by atoms with Crippen molar-refractivity contribution in [1.29, 1.82) is 0 Å². The third-order valence-corrected chi connectivity index (χ3v) is 1.24. The van der Waals surface area contributed by atoms with E-state index in [0.717, 1.165) is 19.3 Å². The van der Waals surface area contributed by atoms with Gasteiger partial charge in [0.05, 0.1) is 0 Å². The molecule has 1 N–H and O–H groups in total. The molecule has 0 aliphatic rings. The third kappa shape index (κ3) is 11.1. The van der Waals surface area contributed by atoms with Crippen LogP contribution in [-0.4, -0.2) is 34.1 Å². The van der Waals surface area contributed by atoms with E-state index < -0.39 is 5.97 Å². The Morgan fingerprint density at radius 1 is 1.40 bits per heavy atom. The normalized spacial score (nSPS) is 8.50. The molecule has 58 valence electrons. The van der Waals surface area contributed by atoms with Gasteiger partial charge in [-0.2, -0.15) is 0 Å². The molecule has 0 bridgehead atoms. The second kappa shape index (κ2) is 9.24. The second-order valence-electron chi connectivity index (χ2n) is 2.20. The van der Waals surface area contributed by atoms with Crippen LogP contribution in [-0.2, 0) is 4.79 Å². The number of carboxylic acids is 1. The molecule has 0 aromatic carbocycles. The fourth-order valence-corrected chi connectivity index (χ4v) is 0.703. The van der Waals surface area contributed by atoms with Gasteiger partial charge in [0.2, 0.25) is 0 Å². The quantitative estimate of drug-likeness (QED) is 0.488. The van der Waals surface area contributed by atoms with Gasteiger partial charge in [0.15, 0.2) is 0 Å². The Bertz CT molecular complexity index is 91.5. The van der Waals surface area contributed by atoms with Crippen LogP contribution in [0.3, 0.4) is 0 Å². The van der Waals surface area contributed by atoms with Gasteiger partial charge in [0.25, 0.3) is 0 Å². The second-order valence-corrected chi connectivity index (χ2v) is 2.20. The van der Waals surface area contributed by atoms with E-state index in [-0.39, 0.29) is 25.9 Å². The molecule has 0 saturated heterocycles. The molecule has 0 rings (SSSR count). The van der Waals surface area contributed by atoms with E-state index in [9.17, 15) is 4.79 Å². The Hall–Kier alpha value is 0.236. The Labute approximate surface area is 81.1 Å². The van der Waals surface area contributed by atoms with Gasteiger partial charge in [-0.3, -0.25) is 4.79 Å². The molecule has 0 aliphatic carbocycles. The summed E-state index contributed by atoms with van der Waals surface area (Å²) in [6.45, 7) is 2.11. The summed E-state index contributed by atoms with van der Waals surface area (Å²) in [5.74, 6) is -0.675. The van der Waals surface area contributed by atoms with E-state index in [1.807, 2.05) is 0 Å². The summed E-state index contributed by atoms with van der Waals surface area (Å²) in [5.41, 5.74) is 0. The third-order valence-electron chi connectivity index (χ3n) is 1.24. The minimum Gasteiger partial charge on any atom is -1.00 e. The van der Waals surface area contributed by atoms with Gasteiger partial charge < -0.3 is 7.96 Å². The number of carbonyl (C=O) groups is 1. The Morgan fingerprint density at radius 2 is 2.00 bits per heavy atom. The summed E-state index contributed by atoms with van der Waals surface area (Å²) in [6, 6.07) is 0. The van der Waals surface area contributed by atoms with E-state index in [4.69, 9.17) is 5.11 Å². The van der Waals surface area contributed by atoms with Crippen molar-refractivity contribution >= 4 is 29.0 Å². The van der Waals surface area contributed by atoms with Gasteiger partial charge >= 0.3 is 29.0 Å². The molecule has 0 unspecified atom stereocenters. The molecule has 0 saturated carbocycles. The van der Waals surface area contributed by atoms with E-state index >= 15 is 0 Å². The van der Waals surface area contributed by atoms with Gasteiger partial charge in [-0.25, -0.2) is 0 Å². The largest absolute Gasteiger partial charge is 2.00 e. The zero-order valence-electron chi connectivity index (χ0n) is 8.60. The van der Waals surface area contributed by atoms with Gasteiger partial charge in [0.1, 0.15) is 0 Å². The molecule has 2 nitrogen and oxygen atoms in total. The maximum absolute atomic E-state index is 9.96. The average Bonchev–Trinajstić information content (AvgIpc) is 1.80. The average molecular weight is 157 g/mol. The molecule has 3 heteroatoms. The van der Waals surface area contributed by atoms with Crippen molar-refractivity contribution in [3.8, 4) is 0 Å². The summed E-state index contributed by atoms with van der Waals surface area (Å²) in [4.78, 5) is 9.96. The fraction of sp³-hybridized carbons (Fsp3) is 0.857. The Morgan fingerprint density at radius 3 is 2.40 bits per heavy atom. The first-order valence-corrected chi connectivity index (χ1v) is 3.49. The predicted molar refractivity (Wildman–Crippen MR) is 44.4 cm³/mol. The molecule has 0 radical (unpaired) electrons. The van der Waals surface area contributed by atoms with Crippen molar-refractivity contribution in [2.45, 2.75) is 39.0 Å². The molecular formula is C7H16MgO2. The van der Waals surface area contributed by atoms with Crippen LogP contribution in [0.4, 0.5) is 0 Å². The van der Waals surface area contributed by atoms with Crippen molar-refractivity contribution in [2.24, 2.45) is 0 Å². The molecule has 0 heterocycles. The smallest absolute Gasteiger partial charge is 1.00 e. The van der Waals surface area contributed by atoms with Crippen LogP contribution in [0.15, 0.2) is 0 Å². The number of rotatable bonds is 5. The minimum atomic E-state index is -0.675. The topological polar surface area (TPSA) is 37.3 Å². The van der Waals surface area contributed by atoms with E-state index in [0.29, 0.717) is 6.42 Å². The molecule has 0 spiro atoms. The molecule has 0 aromatic rings. The van der Waals surface area contributed by atoms with Crippen LogP contribution >= 0.6 is 0 Å². The molecular weight excluding hydrogens is 140 g/mol. The first kappa shape index (κ1) is 12.9. The minimum absolute atomic E-state index is 0. The van der Waals surface area contributed by atoms with E-state index in [1.165, 1.54) is 6.42 Å². The maximum Gasteiger partial charge on any atom is 2.00 e. The SMILES string of the molecule is CCCCCCC(=O)O.[H-].[H-].[Mg+2]. The molecule has 0 atom stereocenters. The van der Waals surface area contributed by atoms with Crippen LogP contribution in [0.25, 0.3) is 0 Å². The maximum atomic E-state index is 9.96. The molecule has 0 aromatic heterocycles. The number of hydrogen-bond donors (Lipinski definition) is 1. The molecule has 0 amide bonds. The van der Waals surface area contributed by atoms with Crippen molar-refractivity contribution in [1.82, 2.24) is 0 Å². The fourth-order valence-electron chi connectivity index (χ4n) is 0.703. The Kier molecular flexibility index (Phi) is 11.9. The number of unbranched alkanes of at least 4 members (excludes halogenated alkanes) is 3. The standard InChI is InChI=1S/C7H14O2.Mg.2H/c1-2-3-4-5-6-7(8)9;;;/h2-6H2,1H3,(H,8,9);;;/q;+2;2*-1. The van der Waals surface area contributed by atoms with Crippen LogP contribution in [0.1, 0.15) is 41.9 Å². The van der Waals surface area contributed by atoms with E-state index in [1.54, 1.807) is 0 Å². The molecule has 0 aliphatic heterocycles. The van der Waals surface area contributed by atoms with Crippen LogP contribution in [0.2, 0.25) is 0 Å². The molecule has 0 fully saturated rings. The monoisotopic (exact) mass is 156 g/mol. The van der Waals surface area contributed by atoms with Gasteiger partial charge in [-0.05, 0) is 6.42 Å². The zero-order chi connectivity index (χ0) is 7.11. The van der Waals surface area contributed by atoms with Gasteiger partial charge in [-0.15, -0.1) is 0 Å². The number of hydrogen-bond acceptors (Lipinski definition) is 1. The number of aliphatic carboxylic acids is 1. The summed E-state index contributed by atoms with van der Waals surface area (Å²) in [7, 11) is 0. The van der Waals surface area contributed by atoms with Crippen molar-refractivity contribution in [3.05, 3.63) is 0 Å². The predicted octanol–water partition coefficient (Wildman–Crippen LogP) is 1.89. The zero-order valence-corrected chi connectivity index (χ0v) is 8.01. The van der Waals surface area contributed by atoms with Crippen molar-refractivity contribution in [2.75, 3.05) is 0 Å². The summed E-state index contributed by atoms with van der Waals surface area (Å²) >= 11 is 0. The Balaban J connectivity index is -0.000000107. The first-order chi connectivity index (χ1) is 4.27. The van der Waals surface area contributed by atoms with Gasteiger partial charge in [0, 0.05) is 6.42 Å². The van der Waals surface area contributed by atoms with E-state index in [2.05, 4.69) is 6.92 Å². The molecule has 10 heavy (non-hydrogen) atoms. The van der Waals surface area contributed by atoms with Crippen LogP contribution < -0.4 is 0 Å². The summed E-state index contributed by atoms with van der Waals surface area (Å²) in [5, 5.41) is 8.21. The van der Waals surface area contributed by atoms with Crippen LogP contribution in [0, 0.1) is 0 Å². The number of carboxylic acid groups (broad SMARTS) is 1. The van der Waals surface area contributed by atoms with Crippen molar-refractivity contribution in [3.63, 3.8) is 0 Å². The van der Waals surface area contributed by atoms with Crippen molar-refractivity contribution < 1.29 is 12.8 Å².